The molecular weight excluding hydrogens is 244 g/mol. The van der Waals surface area contributed by atoms with Crippen LogP contribution in [0.3, 0.4) is 0 Å². The Bertz CT molecular complexity index is 442. The zero-order valence-electron chi connectivity index (χ0n) is 11.7. The van der Waals surface area contributed by atoms with Gasteiger partial charge in [0, 0.05) is 12.2 Å². The number of hydrogen-bond donors (Lipinski definition) is 3. The van der Waals surface area contributed by atoms with Crippen molar-refractivity contribution < 1.29 is 15.0 Å². The number of carboxylic acids is 1. The molecule has 0 fully saturated rings. The van der Waals surface area contributed by atoms with E-state index < -0.39 is 11.6 Å². The summed E-state index contributed by atoms with van der Waals surface area (Å²) in [7, 11) is 0. The van der Waals surface area contributed by atoms with Crippen molar-refractivity contribution in [2.24, 2.45) is 0 Å². The average molecular weight is 266 g/mol. The van der Waals surface area contributed by atoms with Crippen LogP contribution in [0, 0.1) is 0 Å². The van der Waals surface area contributed by atoms with Gasteiger partial charge in [0.05, 0.1) is 11.2 Å². The normalized spacial score (nSPS) is 11.4. The van der Waals surface area contributed by atoms with Crippen molar-refractivity contribution >= 4 is 11.8 Å². The summed E-state index contributed by atoms with van der Waals surface area (Å²) < 4.78 is 0. The SMILES string of the molecule is CCc1cc(C(=O)O)cc(NCC(O)(CC)CC)n1. The quantitative estimate of drug-likeness (QED) is 0.705. The number of aromatic carboxylic acids is 1. The second kappa shape index (κ2) is 6.52. The minimum absolute atomic E-state index is 0.214. The second-order valence-electron chi connectivity index (χ2n) is 4.68. The first kappa shape index (κ1) is 15.4. The van der Waals surface area contributed by atoms with E-state index in [0.717, 1.165) is 5.69 Å². The molecule has 106 valence electrons. The van der Waals surface area contributed by atoms with Gasteiger partial charge >= 0.3 is 5.97 Å². The maximum Gasteiger partial charge on any atom is 0.335 e. The molecule has 0 aliphatic rings. The fraction of sp³-hybridized carbons (Fsp3) is 0.571. The molecule has 0 spiro atoms. The van der Waals surface area contributed by atoms with Crippen LogP contribution >= 0.6 is 0 Å². The molecule has 0 radical (unpaired) electrons. The van der Waals surface area contributed by atoms with Crippen LogP contribution in [-0.2, 0) is 6.42 Å². The number of rotatable bonds is 7. The Morgan fingerprint density at radius 1 is 1.32 bits per heavy atom. The van der Waals surface area contributed by atoms with Crippen LogP contribution in [0.15, 0.2) is 12.1 Å². The van der Waals surface area contributed by atoms with Crippen LogP contribution in [0.1, 0.15) is 49.7 Å². The lowest BCUT2D eigenvalue weighted by atomic mass is 9.97. The maximum atomic E-state index is 11.0. The fourth-order valence-electron chi connectivity index (χ4n) is 1.74. The monoisotopic (exact) mass is 266 g/mol. The second-order valence-corrected chi connectivity index (χ2v) is 4.68. The lowest BCUT2D eigenvalue weighted by Gasteiger charge is -2.25. The van der Waals surface area contributed by atoms with E-state index in [1.807, 2.05) is 20.8 Å². The Kier molecular flexibility index (Phi) is 5.30. The number of aromatic nitrogens is 1. The van der Waals surface area contributed by atoms with Gasteiger partial charge in [0.15, 0.2) is 0 Å². The highest BCUT2D eigenvalue weighted by Gasteiger charge is 2.22. The standard InChI is InChI=1S/C14H22N2O3/c1-4-11-7-10(13(17)18)8-12(16-11)15-9-14(19,5-2)6-3/h7-8,19H,4-6,9H2,1-3H3,(H,15,16)(H,17,18). The van der Waals surface area contributed by atoms with Crippen molar-refractivity contribution in [2.45, 2.75) is 45.6 Å². The molecule has 3 N–H and O–H groups in total. The highest BCUT2D eigenvalue weighted by molar-refractivity contribution is 5.88. The van der Waals surface area contributed by atoms with Gasteiger partial charge in [-0.25, -0.2) is 9.78 Å². The van der Waals surface area contributed by atoms with Crippen molar-refractivity contribution in [2.75, 3.05) is 11.9 Å². The highest BCUT2D eigenvalue weighted by Crippen LogP contribution is 2.17. The molecule has 0 bridgehead atoms. The Morgan fingerprint density at radius 3 is 2.42 bits per heavy atom. The summed E-state index contributed by atoms with van der Waals surface area (Å²) in [6.45, 7) is 6.12. The van der Waals surface area contributed by atoms with E-state index in [4.69, 9.17) is 5.11 Å². The predicted molar refractivity (Wildman–Crippen MR) is 74.6 cm³/mol. The summed E-state index contributed by atoms with van der Waals surface area (Å²) in [4.78, 5) is 15.4. The summed E-state index contributed by atoms with van der Waals surface area (Å²) in [5.74, 6) is -0.474. The van der Waals surface area contributed by atoms with Gasteiger partial charge < -0.3 is 15.5 Å². The lowest BCUT2D eigenvalue weighted by molar-refractivity contribution is 0.0456. The summed E-state index contributed by atoms with van der Waals surface area (Å²) in [6, 6.07) is 3.06. The molecule has 0 unspecified atom stereocenters. The fourth-order valence-corrected chi connectivity index (χ4v) is 1.74. The van der Waals surface area contributed by atoms with E-state index in [0.29, 0.717) is 31.6 Å². The molecule has 1 heterocycles. The third kappa shape index (κ3) is 4.21. The molecule has 0 aliphatic carbocycles. The van der Waals surface area contributed by atoms with Gasteiger partial charge in [-0.3, -0.25) is 0 Å². The van der Waals surface area contributed by atoms with E-state index in [9.17, 15) is 9.90 Å². The van der Waals surface area contributed by atoms with Gasteiger partial charge in [-0.15, -0.1) is 0 Å². The van der Waals surface area contributed by atoms with Gasteiger partial charge in [-0.2, -0.15) is 0 Å². The first-order valence-electron chi connectivity index (χ1n) is 6.64. The van der Waals surface area contributed by atoms with E-state index in [2.05, 4.69) is 10.3 Å². The van der Waals surface area contributed by atoms with Gasteiger partial charge in [0.25, 0.3) is 0 Å². The van der Waals surface area contributed by atoms with E-state index in [-0.39, 0.29) is 5.56 Å². The van der Waals surface area contributed by atoms with Gasteiger partial charge in [-0.05, 0) is 31.4 Å². The smallest absolute Gasteiger partial charge is 0.335 e. The molecule has 1 rings (SSSR count). The number of aliphatic hydroxyl groups is 1. The van der Waals surface area contributed by atoms with Gasteiger partial charge in [0.2, 0.25) is 0 Å². The number of pyridine rings is 1. The van der Waals surface area contributed by atoms with E-state index in [1.165, 1.54) is 6.07 Å². The van der Waals surface area contributed by atoms with Gasteiger partial charge in [-0.1, -0.05) is 20.8 Å². The molecule has 19 heavy (non-hydrogen) atoms. The Labute approximate surface area is 113 Å². The van der Waals surface area contributed by atoms with Crippen molar-refractivity contribution in [3.8, 4) is 0 Å². The Morgan fingerprint density at radius 2 is 1.95 bits per heavy atom. The number of anilines is 1. The number of carbonyl (C=O) groups is 1. The van der Waals surface area contributed by atoms with Crippen molar-refractivity contribution in [3.63, 3.8) is 0 Å². The van der Waals surface area contributed by atoms with Crippen LogP contribution in [-0.4, -0.2) is 33.3 Å². The predicted octanol–water partition coefficient (Wildman–Crippen LogP) is 2.31. The summed E-state index contributed by atoms with van der Waals surface area (Å²) in [5, 5.41) is 22.3. The molecule has 1 aromatic rings. The lowest BCUT2D eigenvalue weighted by Crippen LogP contribution is -2.35. The number of hydrogen-bond acceptors (Lipinski definition) is 4. The minimum atomic E-state index is -0.971. The summed E-state index contributed by atoms with van der Waals surface area (Å²) in [6.07, 6.45) is 1.94. The van der Waals surface area contributed by atoms with E-state index >= 15 is 0 Å². The van der Waals surface area contributed by atoms with Crippen molar-refractivity contribution in [1.29, 1.82) is 0 Å². The third-order valence-electron chi connectivity index (χ3n) is 3.40. The topological polar surface area (TPSA) is 82.5 Å². The maximum absolute atomic E-state index is 11.0. The largest absolute Gasteiger partial charge is 0.478 e. The summed E-state index contributed by atoms with van der Waals surface area (Å²) >= 11 is 0. The molecule has 0 saturated carbocycles. The van der Waals surface area contributed by atoms with Crippen LogP contribution in [0.2, 0.25) is 0 Å². The Hall–Kier alpha value is -1.62. The zero-order chi connectivity index (χ0) is 14.5. The molecule has 0 atom stereocenters. The summed E-state index contributed by atoms with van der Waals surface area (Å²) in [5.41, 5.74) is 0.151. The zero-order valence-corrected chi connectivity index (χ0v) is 11.7. The molecular formula is C14H22N2O3. The molecule has 0 saturated heterocycles. The Balaban J connectivity index is 2.89. The molecule has 0 aromatic carbocycles. The number of nitrogens with zero attached hydrogens (tertiary/aromatic N) is 1. The van der Waals surface area contributed by atoms with Crippen LogP contribution < -0.4 is 5.32 Å². The number of nitrogens with one attached hydrogen (secondary N) is 1. The van der Waals surface area contributed by atoms with Crippen molar-refractivity contribution in [1.82, 2.24) is 4.98 Å². The number of carboxylic acid groups (broad SMARTS) is 1. The minimum Gasteiger partial charge on any atom is -0.478 e. The van der Waals surface area contributed by atoms with Crippen LogP contribution in [0.4, 0.5) is 5.82 Å². The average Bonchev–Trinajstić information content (AvgIpc) is 2.44. The molecule has 1 aromatic heterocycles. The van der Waals surface area contributed by atoms with Crippen LogP contribution in [0.25, 0.3) is 0 Å². The van der Waals surface area contributed by atoms with Gasteiger partial charge in [0.1, 0.15) is 5.82 Å². The first-order valence-corrected chi connectivity index (χ1v) is 6.64. The molecule has 0 amide bonds. The van der Waals surface area contributed by atoms with E-state index in [1.54, 1.807) is 6.07 Å². The molecule has 5 heteroatoms. The van der Waals surface area contributed by atoms with Crippen LogP contribution in [0.5, 0.6) is 0 Å². The highest BCUT2D eigenvalue weighted by atomic mass is 16.4. The first-order chi connectivity index (χ1) is 8.94. The molecule has 5 nitrogen and oxygen atoms in total. The molecule has 0 aliphatic heterocycles. The number of aryl methyl sites for hydroxylation is 1. The van der Waals surface area contributed by atoms with Crippen molar-refractivity contribution in [3.05, 3.63) is 23.4 Å². The third-order valence-corrected chi connectivity index (χ3v) is 3.40.